The van der Waals surface area contributed by atoms with E-state index in [4.69, 9.17) is 5.73 Å². The maximum absolute atomic E-state index is 13.2. The van der Waals surface area contributed by atoms with Gasteiger partial charge in [0.2, 0.25) is 10.0 Å². The summed E-state index contributed by atoms with van der Waals surface area (Å²) in [6.07, 6.45) is 2.02. The van der Waals surface area contributed by atoms with Crippen molar-refractivity contribution in [1.82, 2.24) is 4.72 Å². The molecule has 1 fully saturated rings. The summed E-state index contributed by atoms with van der Waals surface area (Å²) < 4.78 is 39.8. The number of hydrogen-bond donors (Lipinski definition) is 2. The summed E-state index contributed by atoms with van der Waals surface area (Å²) in [6.45, 7) is 0.402. The van der Waals surface area contributed by atoms with Gasteiger partial charge in [0.05, 0.1) is 4.90 Å². The Hall–Kier alpha value is -0.790. The fourth-order valence-corrected chi connectivity index (χ4v) is 4.39. The maximum atomic E-state index is 13.2. The molecule has 2 rings (SSSR count). The maximum Gasteiger partial charge on any atom is 0.240 e. The molecule has 19 heavy (non-hydrogen) atoms. The van der Waals surface area contributed by atoms with Gasteiger partial charge in [-0.25, -0.2) is 17.5 Å². The molecule has 0 unspecified atom stereocenters. The molecule has 0 bridgehead atoms. The summed E-state index contributed by atoms with van der Waals surface area (Å²) in [7, 11) is -3.68. The highest BCUT2D eigenvalue weighted by Gasteiger charge is 2.19. The van der Waals surface area contributed by atoms with Crippen LogP contribution in [0.3, 0.4) is 0 Å². The average molecular weight is 304 g/mol. The molecule has 3 N–H and O–H groups in total. The molecule has 4 nitrogen and oxygen atoms in total. The lowest BCUT2D eigenvalue weighted by molar-refractivity contribution is 0.476. The zero-order chi connectivity index (χ0) is 13.9. The largest absolute Gasteiger partial charge is 0.399 e. The van der Waals surface area contributed by atoms with E-state index < -0.39 is 15.8 Å². The summed E-state index contributed by atoms with van der Waals surface area (Å²) in [4.78, 5) is -0.116. The lowest BCUT2D eigenvalue weighted by Gasteiger charge is -2.21. The Morgan fingerprint density at radius 1 is 1.32 bits per heavy atom. The molecule has 0 amide bonds. The predicted molar refractivity (Wildman–Crippen MR) is 76.0 cm³/mol. The summed E-state index contributed by atoms with van der Waals surface area (Å²) in [5, 5.41) is 0. The number of nitrogens with one attached hydrogen (secondary N) is 1. The molecule has 0 aliphatic carbocycles. The van der Waals surface area contributed by atoms with Crippen molar-refractivity contribution in [3.8, 4) is 0 Å². The molecule has 0 aromatic heterocycles. The van der Waals surface area contributed by atoms with Crippen molar-refractivity contribution in [3.05, 3.63) is 24.0 Å². The van der Waals surface area contributed by atoms with Crippen molar-refractivity contribution >= 4 is 27.5 Å². The predicted octanol–water partition coefficient (Wildman–Crippen LogP) is 1.83. The topological polar surface area (TPSA) is 72.2 Å². The van der Waals surface area contributed by atoms with E-state index in [1.807, 2.05) is 11.8 Å². The number of sulfonamides is 1. The summed E-state index contributed by atoms with van der Waals surface area (Å²) >= 11 is 1.89. The van der Waals surface area contributed by atoms with Gasteiger partial charge in [-0.2, -0.15) is 11.8 Å². The number of hydrogen-bond acceptors (Lipinski definition) is 4. The van der Waals surface area contributed by atoms with Crippen molar-refractivity contribution < 1.29 is 12.8 Å². The van der Waals surface area contributed by atoms with E-state index in [0.717, 1.165) is 36.5 Å². The zero-order valence-electron chi connectivity index (χ0n) is 10.4. The average Bonchev–Trinajstić information content (AvgIpc) is 2.37. The number of thioether (sulfide) groups is 1. The van der Waals surface area contributed by atoms with E-state index in [1.54, 1.807) is 0 Å². The number of rotatable bonds is 4. The van der Waals surface area contributed by atoms with Gasteiger partial charge in [0, 0.05) is 12.2 Å². The highest BCUT2D eigenvalue weighted by molar-refractivity contribution is 7.99. The standard InChI is InChI=1S/C12H17FN2O2S2/c13-10-5-11(14)7-12(6-10)19(16,17)15-8-9-1-3-18-4-2-9/h5-7,9,15H,1-4,8,14H2. The van der Waals surface area contributed by atoms with Gasteiger partial charge in [-0.05, 0) is 48.5 Å². The van der Waals surface area contributed by atoms with Crippen LogP contribution in [0.15, 0.2) is 23.1 Å². The summed E-state index contributed by atoms with van der Waals surface area (Å²) in [5.41, 5.74) is 5.57. The molecule has 106 valence electrons. The Labute approximate surface area is 117 Å². The van der Waals surface area contributed by atoms with Crippen LogP contribution in [-0.4, -0.2) is 26.5 Å². The SMILES string of the molecule is Nc1cc(F)cc(S(=O)(=O)NCC2CCSCC2)c1. The zero-order valence-corrected chi connectivity index (χ0v) is 12.1. The van der Waals surface area contributed by atoms with E-state index in [0.29, 0.717) is 12.5 Å². The fraction of sp³-hybridized carbons (Fsp3) is 0.500. The van der Waals surface area contributed by atoms with Crippen LogP contribution >= 0.6 is 11.8 Å². The third-order valence-electron chi connectivity index (χ3n) is 3.11. The van der Waals surface area contributed by atoms with E-state index in [2.05, 4.69) is 4.72 Å². The molecule has 0 radical (unpaired) electrons. The normalized spacial score (nSPS) is 17.5. The van der Waals surface area contributed by atoms with Crippen LogP contribution in [0, 0.1) is 11.7 Å². The molecule has 0 atom stereocenters. The second kappa shape index (κ2) is 6.11. The Balaban J connectivity index is 2.04. The lowest BCUT2D eigenvalue weighted by atomic mass is 10.0. The van der Waals surface area contributed by atoms with E-state index in [-0.39, 0.29) is 10.6 Å². The first-order chi connectivity index (χ1) is 8.97. The molecule has 1 saturated heterocycles. The molecule has 0 spiro atoms. The van der Waals surface area contributed by atoms with Crippen molar-refractivity contribution in [1.29, 1.82) is 0 Å². The van der Waals surface area contributed by atoms with Crippen molar-refractivity contribution in [2.24, 2.45) is 5.92 Å². The minimum Gasteiger partial charge on any atom is -0.399 e. The molecule has 7 heteroatoms. The van der Waals surface area contributed by atoms with Crippen LogP contribution in [0.1, 0.15) is 12.8 Å². The fourth-order valence-electron chi connectivity index (χ4n) is 2.00. The summed E-state index contributed by atoms with van der Waals surface area (Å²) in [6, 6.07) is 3.34. The molecule has 1 aliphatic heterocycles. The Morgan fingerprint density at radius 3 is 2.63 bits per heavy atom. The second-order valence-electron chi connectivity index (χ2n) is 4.63. The third kappa shape index (κ3) is 4.09. The van der Waals surface area contributed by atoms with Gasteiger partial charge in [0.15, 0.2) is 0 Å². The first-order valence-corrected chi connectivity index (χ1v) is 8.74. The van der Waals surface area contributed by atoms with Crippen molar-refractivity contribution in [2.45, 2.75) is 17.7 Å². The molecular formula is C12H17FN2O2S2. The molecule has 0 saturated carbocycles. The van der Waals surface area contributed by atoms with Crippen LogP contribution < -0.4 is 10.5 Å². The highest BCUT2D eigenvalue weighted by Crippen LogP contribution is 2.23. The van der Waals surface area contributed by atoms with Crippen LogP contribution in [-0.2, 0) is 10.0 Å². The number of nitrogens with two attached hydrogens (primary N) is 1. The lowest BCUT2D eigenvalue weighted by Crippen LogP contribution is -2.31. The second-order valence-corrected chi connectivity index (χ2v) is 7.62. The van der Waals surface area contributed by atoms with Gasteiger partial charge in [-0.15, -0.1) is 0 Å². The minimum absolute atomic E-state index is 0.106. The third-order valence-corrected chi connectivity index (χ3v) is 5.56. The Kier molecular flexibility index (Phi) is 4.70. The van der Waals surface area contributed by atoms with Crippen LogP contribution in [0.25, 0.3) is 0 Å². The van der Waals surface area contributed by atoms with E-state index in [1.165, 1.54) is 6.07 Å². The number of benzene rings is 1. The molecule has 1 aliphatic rings. The first kappa shape index (κ1) is 14.6. The van der Waals surface area contributed by atoms with Gasteiger partial charge >= 0.3 is 0 Å². The molecule has 1 heterocycles. The molecule has 1 aromatic carbocycles. The van der Waals surface area contributed by atoms with E-state index >= 15 is 0 Å². The molecular weight excluding hydrogens is 287 g/mol. The monoisotopic (exact) mass is 304 g/mol. The van der Waals surface area contributed by atoms with Gasteiger partial charge in [-0.3, -0.25) is 0 Å². The van der Waals surface area contributed by atoms with Crippen LogP contribution in [0.4, 0.5) is 10.1 Å². The molecule has 1 aromatic rings. The number of halogens is 1. The summed E-state index contributed by atoms with van der Waals surface area (Å²) in [5.74, 6) is 1.86. The van der Waals surface area contributed by atoms with Gasteiger partial charge in [0.1, 0.15) is 5.82 Å². The van der Waals surface area contributed by atoms with Crippen molar-refractivity contribution in [2.75, 3.05) is 23.8 Å². The van der Waals surface area contributed by atoms with Crippen LogP contribution in [0.5, 0.6) is 0 Å². The van der Waals surface area contributed by atoms with Gasteiger partial charge in [-0.1, -0.05) is 0 Å². The minimum atomic E-state index is -3.68. The quantitative estimate of drug-likeness (QED) is 0.833. The van der Waals surface area contributed by atoms with E-state index in [9.17, 15) is 12.8 Å². The van der Waals surface area contributed by atoms with Gasteiger partial charge < -0.3 is 5.73 Å². The Bertz CT molecular complexity index is 522. The van der Waals surface area contributed by atoms with Crippen molar-refractivity contribution in [3.63, 3.8) is 0 Å². The van der Waals surface area contributed by atoms with Gasteiger partial charge in [0.25, 0.3) is 0 Å². The van der Waals surface area contributed by atoms with Crippen LogP contribution in [0.2, 0.25) is 0 Å². The Morgan fingerprint density at radius 2 is 2.00 bits per heavy atom. The number of anilines is 1. The first-order valence-electron chi connectivity index (χ1n) is 6.11. The smallest absolute Gasteiger partial charge is 0.240 e. The number of nitrogen functional groups attached to an aromatic ring is 1. The highest BCUT2D eigenvalue weighted by atomic mass is 32.2.